The summed E-state index contributed by atoms with van der Waals surface area (Å²) in [5, 5.41) is 1.04. The van der Waals surface area contributed by atoms with Gasteiger partial charge in [-0.3, -0.25) is 4.79 Å². The van der Waals surface area contributed by atoms with Gasteiger partial charge in [0.1, 0.15) is 18.0 Å². The number of rotatable bonds is 13. The first-order valence-corrected chi connectivity index (χ1v) is 19.2. The van der Waals surface area contributed by atoms with Crippen LogP contribution in [0.4, 0.5) is 0 Å². The molecule has 53 heavy (non-hydrogen) atoms. The van der Waals surface area contributed by atoms with E-state index in [4.69, 9.17) is 18.6 Å². The van der Waals surface area contributed by atoms with Crippen molar-refractivity contribution in [2.24, 2.45) is 23.2 Å². The number of ether oxygens (including phenoxy) is 3. The highest BCUT2D eigenvalue weighted by molar-refractivity contribution is 5.91. The molecule has 278 valence electrons. The van der Waals surface area contributed by atoms with Gasteiger partial charge in [0.25, 0.3) is 0 Å². The van der Waals surface area contributed by atoms with E-state index in [1.54, 1.807) is 0 Å². The predicted octanol–water partition coefficient (Wildman–Crippen LogP) is 10.1. The van der Waals surface area contributed by atoms with Gasteiger partial charge in [-0.15, -0.1) is 0 Å². The molecule has 6 rings (SSSR count). The number of furan rings is 1. The number of fused-ring (bicyclic) bond motifs is 3. The average Bonchev–Trinajstić information content (AvgIpc) is 3.64. The summed E-state index contributed by atoms with van der Waals surface area (Å²) in [7, 11) is 0. The van der Waals surface area contributed by atoms with Crippen LogP contribution in [-0.4, -0.2) is 30.8 Å². The molecule has 4 aromatic rings. The topological polar surface area (TPSA) is 75.0 Å². The quantitative estimate of drug-likeness (QED) is 0.0780. The van der Waals surface area contributed by atoms with Gasteiger partial charge in [-0.25, -0.2) is 4.79 Å². The first-order chi connectivity index (χ1) is 25.4. The molecule has 0 spiro atoms. The van der Waals surface area contributed by atoms with E-state index in [1.807, 2.05) is 61.5 Å². The second-order valence-corrected chi connectivity index (χ2v) is 16.5. The van der Waals surface area contributed by atoms with E-state index in [0.29, 0.717) is 55.6 Å². The van der Waals surface area contributed by atoms with Crippen molar-refractivity contribution in [2.75, 3.05) is 13.2 Å². The molecule has 0 saturated carbocycles. The molecule has 0 N–H and O–H groups in total. The van der Waals surface area contributed by atoms with Crippen LogP contribution in [0.15, 0.2) is 88.9 Å². The van der Waals surface area contributed by atoms with Crippen LogP contribution in [0, 0.1) is 41.9 Å². The lowest BCUT2D eigenvalue weighted by Gasteiger charge is -2.33. The summed E-state index contributed by atoms with van der Waals surface area (Å²) in [6.07, 6.45) is 7.15. The lowest BCUT2D eigenvalue weighted by atomic mass is 9.75. The molecule has 2 atom stereocenters. The number of aryl methyl sites for hydroxylation is 2. The largest absolute Gasteiger partial charge is 0.461 e. The van der Waals surface area contributed by atoms with E-state index in [1.165, 1.54) is 5.56 Å². The molecular formula is C47H54O6. The Labute approximate surface area is 315 Å². The zero-order valence-electron chi connectivity index (χ0n) is 32.3. The maximum atomic E-state index is 13.9. The molecular weight excluding hydrogens is 661 g/mol. The molecule has 0 amide bonds. The lowest BCUT2D eigenvalue weighted by Crippen LogP contribution is -2.43. The third-order valence-electron chi connectivity index (χ3n) is 10.6. The molecule has 0 radical (unpaired) electrons. The Morgan fingerprint density at radius 2 is 1.60 bits per heavy atom. The number of hydrogen-bond acceptors (Lipinski definition) is 6. The Morgan fingerprint density at radius 1 is 0.906 bits per heavy atom. The van der Waals surface area contributed by atoms with Gasteiger partial charge in [-0.2, -0.15) is 0 Å². The number of hydrogen-bond donors (Lipinski definition) is 0. The van der Waals surface area contributed by atoms with E-state index in [0.717, 1.165) is 58.2 Å². The van der Waals surface area contributed by atoms with Crippen molar-refractivity contribution in [2.45, 2.75) is 98.7 Å². The van der Waals surface area contributed by atoms with Crippen LogP contribution >= 0.6 is 0 Å². The number of carbonyl (C=O) groups excluding carboxylic acids is 2. The monoisotopic (exact) mass is 714 g/mol. The van der Waals surface area contributed by atoms with Crippen molar-refractivity contribution in [3.8, 4) is 11.8 Å². The normalized spacial score (nSPS) is 20.5. The number of esters is 2. The SMILES string of the molecule is Cc1ccc(C#Cc2ccc3oc4c(c3c2)CC[C@@](C)(C(=O)OC[C@]2(COCc3ccccc3)C/C(=C\CC(CC(C)C)CC(C)C)C(=O)O2)C4)cc1. The van der Waals surface area contributed by atoms with Gasteiger partial charge in [0.2, 0.25) is 0 Å². The molecule has 1 aliphatic heterocycles. The van der Waals surface area contributed by atoms with Gasteiger partial charge in [-0.1, -0.05) is 93.6 Å². The highest BCUT2D eigenvalue weighted by atomic mass is 16.6. The smallest absolute Gasteiger partial charge is 0.334 e. The van der Waals surface area contributed by atoms with Gasteiger partial charge in [0, 0.05) is 40.5 Å². The van der Waals surface area contributed by atoms with Gasteiger partial charge in [0.05, 0.1) is 18.6 Å². The molecule has 1 saturated heterocycles. The van der Waals surface area contributed by atoms with Crippen molar-refractivity contribution in [1.82, 2.24) is 0 Å². The van der Waals surface area contributed by atoms with Crippen molar-refractivity contribution >= 4 is 22.9 Å². The van der Waals surface area contributed by atoms with Crippen LogP contribution < -0.4 is 0 Å². The standard InChI is InChI=1S/C47H54O6/c1-32(2)24-38(25-33(3)4)18-20-39-27-47(53-44(39)48,30-50-29-37-10-8-7-9-11-37)31-51-45(49)46(6)23-22-40-41-26-36(19-21-42(41)52-43(40)28-46)17-16-35-14-12-34(5)13-15-35/h7-15,19-21,26,32-33,38H,18,22-25,27-31H2,1-6H3/b39-20+/t46-,47-/m1/s1. The second kappa shape index (κ2) is 16.6. The van der Waals surface area contributed by atoms with Gasteiger partial charge in [-0.05, 0) is 99.6 Å². The third-order valence-corrected chi connectivity index (χ3v) is 10.6. The summed E-state index contributed by atoms with van der Waals surface area (Å²) < 4.78 is 24.7. The van der Waals surface area contributed by atoms with Crippen LogP contribution in [-0.2, 0) is 43.2 Å². The van der Waals surface area contributed by atoms with Crippen LogP contribution in [0.3, 0.4) is 0 Å². The highest BCUT2D eigenvalue weighted by Gasteiger charge is 2.47. The molecule has 0 unspecified atom stereocenters. The summed E-state index contributed by atoms with van der Waals surface area (Å²) in [6.45, 7) is 13.4. The Kier molecular flexibility index (Phi) is 11.9. The maximum absolute atomic E-state index is 13.9. The predicted molar refractivity (Wildman–Crippen MR) is 209 cm³/mol. The molecule has 0 bridgehead atoms. The van der Waals surface area contributed by atoms with Gasteiger partial charge < -0.3 is 18.6 Å². The van der Waals surface area contributed by atoms with Crippen LogP contribution in [0.25, 0.3) is 11.0 Å². The summed E-state index contributed by atoms with van der Waals surface area (Å²) in [4.78, 5) is 27.3. The molecule has 2 aliphatic rings. The minimum Gasteiger partial charge on any atom is -0.461 e. The van der Waals surface area contributed by atoms with E-state index in [2.05, 4.69) is 70.7 Å². The van der Waals surface area contributed by atoms with Crippen molar-refractivity contribution < 1.29 is 28.2 Å². The second-order valence-electron chi connectivity index (χ2n) is 16.5. The first-order valence-electron chi connectivity index (χ1n) is 19.2. The summed E-state index contributed by atoms with van der Waals surface area (Å²) in [6, 6.07) is 24.1. The fraction of sp³-hybridized carbons (Fsp3) is 0.447. The zero-order chi connectivity index (χ0) is 37.6. The Morgan fingerprint density at radius 3 is 2.32 bits per heavy atom. The van der Waals surface area contributed by atoms with E-state index in [9.17, 15) is 9.59 Å². The van der Waals surface area contributed by atoms with Crippen LogP contribution in [0.2, 0.25) is 0 Å². The third kappa shape index (κ3) is 9.69. The maximum Gasteiger partial charge on any atom is 0.334 e. The summed E-state index contributed by atoms with van der Waals surface area (Å²) in [5.41, 5.74) is 4.80. The lowest BCUT2D eigenvalue weighted by molar-refractivity contribution is -0.175. The fourth-order valence-electron chi connectivity index (χ4n) is 7.80. The molecule has 1 aromatic heterocycles. The minimum absolute atomic E-state index is 0.0727. The van der Waals surface area contributed by atoms with Crippen LogP contribution in [0.1, 0.15) is 100 Å². The van der Waals surface area contributed by atoms with Crippen LogP contribution in [0.5, 0.6) is 0 Å². The van der Waals surface area contributed by atoms with E-state index >= 15 is 0 Å². The van der Waals surface area contributed by atoms with E-state index < -0.39 is 11.0 Å². The minimum atomic E-state index is -1.09. The number of carbonyl (C=O) groups is 2. The first kappa shape index (κ1) is 38.1. The molecule has 2 heterocycles. The van der Waals surface area contributed by atoms with Crippen molar-refractivity contribution in [3.63, 3.8) is 0 Å². The van der Waals surface area contributed by atoms with E-state index in [-0.39, 0.29) is 25.2 Å². The zero-order valence-corrected chi connectivity index (χ0v) is 32.3. The number of allylic oxidation sites excluding steroid dienone is 1. The molecule has 3 aromatic carbocycles. The van der Waals surface area contributed by atoms with Gasteiger partial charge >= 0.3 is 11.9 Å². The molecule has 6 nitrogen and oxygen atoms in total. The summed E-state index contributed by atoms with van der Waals surface area (Å²) >= 11 is 0. The highest BCUT2D eigenvalue weighted by Crippen LogP contribution is 2.42. The fourth-order valence-corrected chi connectivity index (χ4v) is 7.80. The van der Waals surface area contributed by atoms with Crippen molar-refractivity contribution in [1.29, 1.82) is 0 Å². The molecule has 1 aliphatic carbocycles. The number of benzene rings is 3. The Bertz CT molecular complexity index is 1980. The van der Waals surface area contributed by atoms with Gasteiger partial charge in [0.15, 0.2) is 5.60 Å². The Balaban J connectivity index is 1.15. The Hall–Kier alpha value is -4.60. The van der Waals surface area contributed by atoms with Crippen molar-refractivity contribution in [3.05, 3.63) is 118 Å². The molecule has 1 fully saturated rings. The molecule has 6 heteroatoms. The summed E-state index contributed by atoms with van der Waals surface area (Å²) in [5.74, 6) is 8.34. The number of cyclic esters (lactones) is 1. The average molecular weight is 715 g/mol.